The Labute approximate surface area is 157 Å². The first-order valence-electron chi connectivity index (χ1n) is 10.4. The van der Waals surface area contributed by atoms with Crippen LogP contribution in [0.4, 0.5) is 0 Å². The van der Waals surface area contributed by atoms with Gasteiger partial charge in [-0.15, -0.1) is 0 Å². The van der Waals surface area contributed by atoms with E-state index in [1.807, 2.05) is 0 Å². The molecule has 146 valence electrons. The molecule has 1 amide bonds. The van der Waals surface area contributed by atoms with E-state index in [9.17, 15) is 4.79 Å². The van der Waals surface area contributed by atoms with Gasteiger partial charge in [-0.1, -0.05) is 27.2 Å². The molecule has 0 saturated carbocycles. The molecule has 1 aromatic rings. The van der Waals surface area contributed by atoms with E-state index < -0.39 is 0 Å². The second-order valence-corrected chi connectivity index (χ2v) is 8.19. The van der Waals surface area contributed by atoms with E-state index in [0.29, 0.717) is 12.5 Å². The maximum absolute atomic E-state index is 12.6. The van der Waals surface area contributed by atoms with Gasteiger partial charge in [0.1, 0.15) is 0 Å². The van der Waals surface area contributed by atoms with Crippen molar-refractivity contribution >= 4 is 5.91 Å². The van der Waals surface area contributed by atoms with E-state index in [0.717, 1.165) is 64.2 Å². The van der Waals surface area contributed by atoms with Crippen molar-refractivity contribution in [3.8, 4) is 0 Å². The summed E-state index contributed by atoms with van der Waals surface area (Å²) < 4.78 is 2.14. The van der Waals surface area contributed by atoms with Crippen LogP contribution in [0.2, 0.25) is 0 Å². The van der Waals surface area contributed by atoms with Crippen molar-refractivity contribution in [2.45, 2.75) is 72.1 Å². The fraction of sp³-hybridized carbons (Fsp3) is 0.800. The standard InChI is InChI=1S/C20H35N5O/c1-4-24-10-6-5-8-19(24)20(26)21-13-17-12-18-15-23(14-16(2)3)9-7-11-25(18)22-17/h12,16,19H,4-11,13-15H2,1-3H3,(H,21,26). The minimum absolute atomic E-state index is 0.0377. The van der Waals surface area contributed by atoms with Gasteiger partial charge in [0.05, 0.1) is 24.0 Å². The molecule has 2 aliphatic rings. The van der Waals surface area contributed by atoms with Gasteiger partial charge in [-0.05, 0) is 44.3 Å². The number of likely N-dealkylation sites (tertiary alicyclic amines) is 1. The summed E-state index contributed by atoms with van der Waals surface area (Å²) in [5.41, 5.74) is 2.26. The molecule has 1 aromatic heterocycles. The zero-order valence-electron chi connectivity index (χ0n) is 16.7. The van der Waals surface area contributed by atoms with Crippen LogP contribution in [0.5, 0.6) is 0 Å². The highest BCUT2D eigenvalue weighted by molar-refractivity contribution is 5.81. The Hall–Kier alpha value is -1.40. The van der Waals surface area contributed by atoms with Crippen molar-refractivity contribution in [2.75, 3.05) is 26.2 Å². The van der Waals surface area contributed by atoms with Gasteiger partial charge in [0.25, 0.3) is 0 Å². The molecule has 1 atom stereocenters. The molecule has 0 radical (unpaired) electrons. The number of fused-ring (bicyclic) bond motifs is 1. The minimum atomic E-state index is 0.0377. The molecule has 1 N–H and O–H groups in total. The Bertz CT molecular complexity index is 597. The van der Waals surface area contributed by atoms with Gasteiger partial charge in [0.2, 0.25) is 5.91 Å². The zero-order chi connectivity index (χ0) is 18.5. The molecule has 1 fully saturated rings. The highest BCUT2D eigenvalue weighted by Gasteiger charge is 2.27. The van der Waals surface area contributed by atoms with Crippen LogP contribution in [0.1, 0.15) is 57.8 Å². The van der Waals surface area contributed by atoms with E-state index in [1.54, 1.807) is 0 Å². The monoisotopic (exact) mass is 361 g/mol. The fourth-order valence-electron chi connectivity index (χ4n) is 4.31. The maximum atomic E-state index is 12.6. The molecule has 0 bridgehead atoms. The van der Waals surface area contributed by atoms with Crippen LogP contribution in [0, 0.1) is 5.92 Å². The number of rotatable bonds is 6. The number of carbonyl (C=O) groups excluding carboxylic acids is 1. The lowest BCUT2D eigenvalue weighted by molar-refractivity contribution is -0.127. The van der Waals surface area contributed by atoms with E-state index in [4.69, 9.17) is 5.10 Å². The molecule has 0 aliphatic carbocycles. The van der Waals surface area contributed by atoms with E-state index in [-0.39, 0.29) is 11.9 Å². The van der Waals surface area contributed by atoms with Crippen LogP contribution in [-0.2, 0) is 24.4 Å². The predicted octanol–water partition coefficient (Wildman–Crippen LogP) is 2.24. The van der Waals surface area contributed by atoms with Crippen LogP contribution in [0.3, 0.4) is 0 Å². The van der Waals surface area contributed by atoms with Crippen molar-refractivity contribution in [1.82, 2.24) is 24.9 Å². The van der Waals surface area contributed by atoms with Gasteiger partial charge < -0.3 is 5.32 Å². The normalized spacial score (nSPS) is 22.2. The number of hydrogen-bond donors (Lipinski definition) is 1. The molecule has 0 aromatic carbocycles. The van der Waals surface area contributed by atoms with Crippen LogP contribution in [0.25, 0.3) is 0 Å². The molecule has 3 heterocycles. The summed E-state index contributed by atoms with van der Waals surface area (Å²) in [5.74, 6) is 0.844. The summed E-state index contributed by atoms with van der Waals surface area (Å²) in [6, 6.07) is 2.22. The Morgan fingerprint density at radius 1 is 1.27 bits per heavy atom. The summed E-state index contributed by atoms with van der Waals surface area (Å²) in [4.78, 5) is 17.4. The van der Waals surface area contributed by atoms with Crippen molar-refractivity contribution < 1.29 is 4.79 Å². The third-order valence-corrected chi connectivity index (χ3v) is 5.53. The summed E-state index contributed by atoms with van der Waals surface area (Å²) in [6.45, 7) is 13.4. The topological polar surface area (TPSA) is 53.4 Å². The lowest BCUT2D eigenvalue weighted by Crippen LogP contribution is -2.49. The smallest absolute Gasteiger partial charge is 0.237 e. The number of likely N-dealkylation sites (N-methyl/N-ethyl adjacent to an activating group) is 1. The molecule has 26 heavy (non-hydrogen) atoms. The SMILES string of the molecule is CCN1CCCCC1C(=O)NCc1cc2n(n1)CCCN(CC(C)C)C2. The van der Waals surface area contributed by atoms with Gasteiger partial charge in [-0.2, -0.15) is 5.10 Å². The molecule has 2 aliphatic heterocycles. The van der Waals surface area contributed by atoms with Crippen molar-refractivity contribution in [1.29, 1.82) is 0 Å². The van der Waals surface area contributed by atoms with Crippen LogP contribution in [-0.4, -0.2) is 57.7 Å². The molecule has 1 unspecified atom stereocenters. The number of amides is 1. The minimum Gasteiger partial charge on any atom is -0.349 e. The van der Waals surface area contributed by atoms with Crippen molar-refractivity contribution in [2.24, 2.45) is 5.92 Å². The summed E-state index contributed by atoms with van der Waals surface area (Å²) in [5, 5.41) is 7.87. The summed E-state index contributed by atoms with van der Waals surface area (Å²) in [6.07, 6.45) is 4.47. The second-order valence-electron chi connectivity index (χ2n) is 8.19. The molecular weight excluding hydrogens is 326 g/mol. The Morgan fingerprint density at radius 2 is 2.12 bits per heavy atom. The second kappa shape index (κ2) is 9.00. The first kappa shape index (κ1) is 19.4. The first-order chi connectivity index (χ1) is 12.6. The van der Waals surface area contributed by atoms with Gasteiger partial charge in [-0.3, -0.25) is 19.3 Å². The number of aryl methyl sites for hydroxylation is 1. The Balaban J connectivity index is 1.57. The zero-order valence-corrected chi connectivity index (χ0v) is 16.7. The maximum Gasteiger partial charge on any atom is 0.237 e. The highest BCUT2D eigenvalue weighted by atomic mass is 16.2. The van der Waals surface area contributed by atoms with Gasteiger partial charge in [0.15, 0.2) is 0 Å². The van der Waals surface area contributed by atoms with E-state index in [2.05, 4.69) is 46.6 Å². The highest BCUT2D eigenvalue weighted by Crippen LogP contribution is 2.18. The van der Waals surface area contributed by atoms with Gasteiger partial charge in [0, 0.05) is 26.2 Å². The lowest BCUT2D eigenvalue weighted by atomic mass is 10.0. The largest absolute Gasteiger partial charge is 0.349 e. The molecule has 6 heteroatoms. The van der Waals surface area contributed by atoms with Crippen molar-refractivity contribution in [3.05, 3.63) is 17.5 Å². The summed E-state index contributed by atoms with van der Waals surface area (Å²) >= 11 is 0. The predicted molar refractivity (Wildman–Crippen MR) is 104 cm³/mol. The molecule has 1 saturated heterocycles. The number of nitrogens with one attached hydrogen (secondary N) is 1. The third-order valence-electron chi connectivity index (χ3n) is 5.53. The van der Waals surface area contributed by atoms with Crippen LogP contribution in [0.15, 0.2) is 6.07 Å². The average molecular weight is 362 g/mol. The van der Waals surface area contributed by atoms with Crippen LogP contribution < -0.4 is 5.32 Å². The fourth-order valence-corrected chi connectivity index (χ4v) is 4.31. The van der Waals surface area contributed by atoms with E-state index in [1.165, 1.54) is 12.1 Å². The van der Waals surface area contributed by atoms with Gasteiger partial charge in [-0.25, -0.2) is 0 Å². The number of hydrogen-bond acceptors (Lipinski definition) is 4. The first-order valence-corrected chi connectivity index (χ1v) is 10.4. The number of nitrogens with zero attached hydrogens (tertiary/aromatic N) is 4. The molecule has 3 rings (SSSR count). The quantitative estimate of drug-likeness (QED) is 0.844. The molecule has 6 nitrogen and oxygen atoms in total. The van der Waals surface area contributed by atoms with Gasteiger partial charge >= 0.3 is 0 Å². The third kappa shape index (κ3) is 4.86. The molecule has 0 spiro atoms. The molecular formula is C20H35N5O. The lowest BCUT2D eigenvalue weighted by Gasteiger charge is -2.33. The average Bonchev–Trinajstić information content (AvgIpc) is 2.91. The number of carbonyl (C=O) groups is 1. The Morgan fingerprint density at radius 3 is 2.88 bits per heavy atom. The van der Waals surface area contributed by atoms with E-state index >= 15 is 0 Å². The Kier molecular flexibility index (Phi) is 6.70. The summed E-state index contributed by atoms with van der Waals surface area (Å²) in [7, 11) is 0. The van der Waals surface area contributed by atoms with Crippen LogP contribution >= 0.6 is 0 Å². The number of aromatic nitrogens is 2. The van der Waals surface area contributed by atoms with Crippen molar-refractivity contribution in [3.63, 3.8) is 0 Å². The number of piperidine rings is 1.